The van der Waals surface area contributed by atoms with Gasteiger partial charge in [0.05, 0.1) is 6.61 Å². The Morgan fingerprint density at radius 3 is 2.37 bits per heavy atom. The fraction of sp³-hybridized carbons (Fsp3) is 0.455. The van der Waals surface area contributed by atoms with Crippen molar-refractivity contribution < 1.29 is 26.7 Å². The first-order valence-corrected chi connectivity index (χ1v) is 7.09. The minimum absolute atomic E-state index is 0.0732. The van der Waals surface area contributed by atoms with E-state index < -0.39 is 45.0 Å². The molecular weight excluding hydrogens is 283 g/mol. The number of hydrogen-bond donors (Lipinski definition) is 1. The van der Waals surface area contributed by atoms with Gasteiger partial charge in [-0.25, -0.2) is 21.6 Å². The molecule has 1 N–H and O–H groups in total. The van der Waals surface area contributed by atoms with Gasteiger partial charge in [-0.15, -0.1) is 0 Å². The second kappa shape index (κ2) is 5.10. The van der Waals surface area contributed by atoms with Crippen LogP contribution >= 0.6 is 0 Å². The van der Waals surface area contributed by atoms with E-state index >= 15 is 0 Å². The first-order valence-electron chi connectivity index (χ1n) is 5.65. The summed E-state index contributed by atoms with van der Waals surface area (Å²) in [6.07, 6.45) is 0.912. The summed E-state index contributed by atoms with van der Waals surface area (Å²) < 4.78 is 65.1. The molecule has 1 aromatic carbocycles. The lowest BCUT2D eigenvalue weighted by Crippen LogP contribution is -2.38. The van der Waals surface area contributed by atoms with E-state index in [9.17, 15) is 21.6 Å². The van der Waals surface area contributed by atoms with E-state index in [4.69, 9.17) is 5.11 Å². The van der Waals surface area contributed by atoms with Crippen molar-refractivity contribution >= 4 is 10.0 Å². The number of aliphatic hydroxyl groups is 1. The summed E-state index contributed by atoms with van der Waals surface area (Å²) in [4.78, 5) is -1.17. The number of rotatable bonds is 3. The molecule has 1 aromatic rings. The normalized spacial score (nSPS) is 20.9. The van der Waals surface area contributed by atoms with Crippen LogP contribution in [0.15, 0.2) is 17.0 Å². The van der Waals surface area contributed by atoms with Gasteiger partial charge in [0.25, 0.3) is 0 Å². The van der Waals surface area contributed by atoms with Gasteiger partial charge in [0, 0.05) is 24.7 Å². The van der Waals surface area contributed by atoms with Crippen LogP contribution in [0.25, 0.3) is 0 Å². The lowest BCUT2D eigenvalue weighted by molar-refractivity contribution is 0.213. The molecule has 1 atom stereocenters. The molecule has 19 heavy (non-hydrogen) atoms. The minimum atomic E-state index is -4.42. The van der Waals surface area contributed by atoms with Gasteiger partial charge in [0.1, 0.15) is 17.5 Å². The van der Waals surface area contributed by atoms with Gasteiger partial charge < -0.3 is 5.11 Å². The molecule has 1 heterocycles. The third-order valence-electron chi connectivity index (χ3n) is 3.06. The van der Waals surface area contributed by atoms with Gasteiger partial charge in [-0.1, -0.05) is 0 Å². The summed E-state index contributed by atoms with van der Waals surface area (Å²) in [6.45, 7) is -0.354. The molecule has 0 unspecified atom stereocenters. The SMILES string of the molecule is O=S(=O)(c1c(F)cc(F)cc1F)N1CCC[C@@H]1CO. The molecule has 1 aliphatic heterocycles. The van der Waals surface area contributed by atoms with E-state index in [0.717, 1.165) is 4.31 Å². The number of aliphatic hydroxyl groups excluding tert-OH is 1. The molecule has 0 radical (unpaired) electrons. The predicted molar refractivity (Wildman–Crippen MR) is 60.3 cm³/mol. The van der Waals surface area contributed by atoms with Crippen LogP contribution in [0, 0.1) is 17.5 Å². The second-order valence-electron chi connectivity index (χ2n) is 4.29. The van der Waals surface area contributed by atoms with Gasteiger partial charge in [0.2, 0.25) is 10.0 Å². The van der Waals surface area contributed by atoms with Gasteiger partial charge in [-0.2, -0.15) is 4.31 Å². The Kier molecular flexibility index (Phi) is 3.84. The molecule has 106 valence electrons. The van der Waals surface area contributed by atoms with Gasteiger partial charge in [-0.3, -0.25) is 0 Å². The van der Waals surface area contributed by atoms with E-state index in [1.807, 2.05) is 0 Å². The molecule has 0 amide bonds. The van der Waals surface area contributed by atoms with Crippen molar-refractivity contribution in [1.29, 1.82) is 0 Å². The largest absolute Gasteiger partial charge is 0.395 e. The first kappa shape index (κ1) is 14.3. The Bertz CT molecular complexity index is 568. The van der Waals surface area contributed by atoms with E-state index in [2.05, 4.69) is 0 Å². The summed E-state index contributed by atoms with van der Waals surface area (Å²) in [7, 11) is -4.42. The highest BCUT2D eigenvalue weighted by molar-refractivity contribution is 7.89. The van der Waals surface area contributed by atoms with Gasteiger partial charge in [-0.05, 0) is 12.8 Å². The quantitative estimate of drug-likeness (QED) is 0.913. The molecule has 0 aliphatic carbocycles. The van der Waals surface area contributed by atoms with Crippen LogP contribution in [0.1, 0.15) is 12.8 Å². The van der Waals surface area contributed by atoms with E-state index in [0.29, 0.717) is 25.0 Å². The third kappa shape index (κ3) is 2.47. The number of hydrogen-bond acceptors (Lipinski definition) is 3. The summed E-state index contributed by atoms with van der Waals surface area (Å²) in [5, 5.41) is 9.08. The van der Waals surface area contributed by atoms with Gasteiger partial charge in [0.15, 0.2) is 4.90 Å². The van der Waals surface area contributed by atoms with Crippen molar-refractivity contribution in [1.82, 2.24) is 4.31 Å². The van der Waals surface area contributed by atoms with Crippen LogP contribution in [0.4, 0.5) is 13.2 Å². The number of halogens is 3. The smallest absolute Gasteiger partial charge is 0.249 e. The van der Waals surface area contributed by atoms with Gasteiger partial charge >= 0.3 is 0 Å². The molecule has 0 aromatic heterocycles. The number of sulfonamides is 1. The second-order valence-corrected chi connectivity index (χ2v) is 6.12. The maximum Gasteiger partial charge on any atom is 0.249 e. The molecule has 0 bridgehead atoms. The molecule has 1 aliphatic rings. The molecule has 1 saturated heterocycles. The lowest BCUT2D eigenvalue weighted by atomic mass is 10.2. The summed E-state index contributed by atoms with van der Waals surface area (Å²) >= 11 is 0. The molecule has 8 heteroatoms. The van der Waals surface area contributed by atoms with Crippen molar-refractivity contribution in [2.24, 2.45) is 0 Å². The topological polar surface area (TPSA) is 57.6 Å². The summed E-state index contributed by atoms with van der Waals surface area (Å²) in [6, 6.07) is -0.0613. The Labute approximate surface area is 108 Å². The van der Waals surface area contributed by atoms with E-state index in [1.165, 1.54) is 0 Å². The summed E-state index contributed by atoms with van der Waals surface area (Å²) in [5.74, 6) is -4.13. The molecule has 0 saturated carbocycles. The average molecular weight is 295 g/mol. The van der Waals surface area contributed by atoms with Crippen LogP contribution < -0.4 is 0 Å². The highest BCUT2D eigenvalue weighted by Crippen LogP contribution is 2.29. The summed E-state index contributed by atoms with van der Waals surface area (Å²) in [5.41, 5.74) is 0. The fourth-order valence-corrected chi connectivity index (χ4v) is 3.98. The Morgan fingerprint density at radius 1 is 1.26 bits per heavy atom. The number of benzene rings is 1. The zero-order valence-corrected chi connectivity index (χ0v) is 10.6. The highest BCUT2D eigenvalue weighted by Gasteiger charge is 2.38. The molecule has 1 fully saturated rings. The monoisotopic (exact) mass is 295 g/mol. The lowest BCUT2D eigenvalue weighted by Gasteiger charge is -2.22. The maximum atomic E-state index is 13.5. The van der Waals surface area contributed by atoms with Crippen molar-refractivity contribution in [3.05, 3.63) is 29.6 Å². The molecular formula is C11H12F3NO3S. The standard InChI is InChI=1S/C11H12F3NO3S/c12-7-4-9(13)11(10(14)5-7)19(17,18)15-3-1-2-8(15)6-16/h4-5,8,16H,1-3,6H2/t8-/m1/s1. The number of nitrogens with zero attached hydrogens (tertiary/aromatic N) is 1. The van der Waals surface area contributed by atoms with Crippen LogP contribution in [-0.4, -0.2) is 37.0 Å². The predicted octanol–water partition coefficient (Wildman–Crippen LogP) is 1.25. The van der Waals surface area contributed by atoms with Crippen molar-refractivity contribution in [3.63, 3.8) is 0 Å². The maximum absolute atomic E-state index is 13.5. The molecule has 0 spiro atoms. The van der Waals surface area contributed by atoms with Crippen LogP contribution in [0.3, 0.4) is 0 Å². The first-order chi connectivity index (χ1) is 8.87. The van der Waals surface area contributed by atoms with E-state index in [1.54, 1.807) is 0 Å². The fourth-order valence-electron chi connectivity index (χ4n) is 2.20. The van der Waals surface area contributed by atoms with Crippen LogP contribution in [0.5, 0.6) is 0 Å². The van der Waals surface area contributed by atoms with Crippen molar-refractivity contribution in [2.75, 3.05) is 13.2 Å². The van der Waals surface area contributed by atoms with Crippen molar-refractivity contribution in [3.8, 4) is 0 Å². The minimum Gasteiger partial charge on any atom is -0.395 e. The van der Waals surface area contributed by atoms with Crippen LogP contribution in [0.2, 0.25) is 0 Å². The molecule has 2 rings (SSSR count). The van der Waals surface area contributed by atoms with Crippen molar-refractivity contribution in [2.45, 2.75) is 23.8 Å². The highest BCUT2D eigenvalue weighted by atomic mass is 32.2. The molecule has 4 nitrogen and oxygen atoms in total. The Hall–Kier alpha value is -1.12. The van der Waals surface area contributed by atoms with Crippen LogP contribution in [-0.2, 0) is 10.0 Å². The Balaban J connectivity index is 2.51. The third-order valence-corrected chi connectivity index (χ3v) is 5.07. The Morgan fingerprint density at radius 2 is 1.84 bits per heavy atom. The zero-order chi connectivity index (χ0) is 14.2. The zero-order valence-electron chi connectivity index (χ0n) is 9.81. The van der Waals surface area contributed by atoms with E-state index in [-0.39, 0.29) is 6.54 Å². The average Bonchev–Trinajstić information content (AvgIpc) is 2.75.